The third kappa shape index (κ3) is 4.09. The molecule has 0 atom stereocenters. The fraction of sp³-hybridized carbons (Fsp3) is 0.462. The number of sulfonamides is 1. The Labute approximate surface area is 130 Å². The summed E-state index contributed by atoms with van der Waals surface area (Å²) in [7, 11) is -2.52. The van der Waals surface area contributed by atoms with Gasteiger partial charge in [0.15, 0.2) is 0 Å². The average molecular weight is 334 g/mol. The molecule has 0 aliphatic carbocycles. The predicted octanol–water partition coefficient (Wildman–Crippen LogP) is 1.41. The molecule has 2 N–H and O–H groups in total. The summed E-state index contributed by atoms with van der Waals surface area (Å²) in [6.07, 6.45) is 0. The first kappa shape index (κ1) is 17.7. The van der Waals surface area contributed by atoms with Crippen LogP contribution in [0, 0.1) is 0 Å². The van der Waals surface area contributed by atoms with E-state index in [-0.39, 0.29) is 22.4 Å². The van der Waals surface area contributed by atoms with E-state index in [4.69, 9.17) is 17.3 Å². The number of benzene rings is 1. The minimum Gasteiger partial charge on any atom is -0.399 e. The molecular weight excluding hydrogens is 314 g/mol. The number of hydrogen-bond donors (Lipinski definition) is 1. The topological polar surface area (TPSA) is 83.7 Å². The molecule has 0 saturated heterocycles. The van der Waals surface area contributed by atoms with Gasteiger partial charge in [-0.1, -0.05) is 11.6 Å². The highest BCUT2D eigenvalue weighted by molar-refractivity contribution is 7.89. The van der Waals surface area contributed by atoms with E-state index in [1.165, 1.54) is 25.2 Å². The standard InChI is InChI=1S/C13H20ClN3O3S/c1-4-17(5-2)13(18)9-16(3)21(19,20)12-8-10(15)6-7-11(12)14/h6-8H,4-5,9,15H2,1-3H3. The van der Waals surface area contributed by atoms with Crippen molar-refractivity contribution in [2.24, 2.45) is 0 Å². The molecule has 1 aromatic rings. The lowest BCUT2D eigenvalue weighted by molar-refractivity contribution is -0.130. The molecule has 1 aromatic carbocycles. The van der Waals surface area contributed by atoms with Gasteiger partial charge in [0.25, 0.3) is 0 Å². The van der Waals surface area contributed by atoms with E-state index in [1.807, 2.05) is 13.8 Å². The molecule has 0 aromatic heterocycles. The maximum Gasteiger partial charge on any atom is 0.244 e. The second-order valence-electron chi connectivity index (χ2n) is 4.52. The highest BCUT2D eigenvalue weighted by Crippen LogP contribution is 2.26. The SMILES string of the molecule is CCN(CC)C(=O)CN(C)S(=O)(=O)c1cc(N)ccc1Cl. The summed E-state index contributed by atoms with van der Waals surface area (Å²) >= 11 is 5.92. The van der Waals surface area contributed by atoms with Gasteiger partial charge in [0.1, 0.15) is 4.90 Å². The van der Waals surface area contributed by atoms with Crippen LogP contribution in [0.1, 0.15) is 13.8 Å². The molecule has 0 aliphatic rings. The van der Waals surface area contributed by atoms with Crippen LogP contribution in [0.3, 0.4) is 0 Å². The number of carbonyl (C=O) groups is 1. The van der Waals surface area contributed by atoms with E-state index < -0.39 is 10.0 Å². The van der Waals surface area contributed by atoms with Gasteiger partial charge in [0, 0.05) is 25.8 Å². The summed E-state index contributed by atoms with van der Waals surface area (Å²) in [6, 6.07) is 4.22. The van der Waals surface area contributed by atoms with Crippen LogP contribution in [0.2, 0.25) is 5.02 Å². The van der Waals surface area contributed by atoms with Gasteiger partial charge in [-0.2, -0.15) is 4.31 Å². The van der Waals surface area contributed by atoms with Gasteiger partial charge in [-0.05, 0) is 32.0 Å². The van der Waals surface area contributed by atoms with Crippen LogP contribution in [0.15, 0.2) is 23.1 Å². The van der Waals surface area contributed by atoms with Crippen molar-refractivity contribution in [2.75, 3.05) is 32.4 Å². The molecule has 0 heterocycles. The quantitative estimate of drug-likeness (QED) is 0.798. The van der Waals surface area contributed by atoms with E-state index in [0.29, 0.717) is 18.8 Å². The molecule has 0 radical (unpaired) electrons. The number of rotatable bonds is 6. The summed E-state index contributed by atoms with van der Waals surface area (Å²) in [5.41, 5.74) is 5.89. The smallest absolute Gasteiger partial charge is 0.244 e. The van der Waals surface area contributed by atoms with Crippen LogP contribution in [0.25, 0.3) is 0 Å². The number of carbonyl (C=O) groups excluding carboxylic acids is 1. The lowest BCUT2D eigenvalue weighted by atomic mass is 10.3. The zero-order chi connectivity index (χ0) is 16.2. The Balaban J connectivity index is 3.02. The van der Waals surface area contributed by atoms with Gasteiger partial charge in [-0.25, -0.2) is 8.42 Å². The summed E-state index contributed by atoms with van der Waals surface area (Å²) in [5.74, 6) is -0.258. The molecule has 8 heteroatoms. The van der Waals surface area contributed by atoms with E-state index in [2.05, 4.69) is 0 Å². The highest BCUT2D eigenvalue weighted by Gasteiger charge is 2.26. The number of hydrogen-bond acceptors (Lipinski definition) is 4. The number of anilines is 1. The number of likely N-dealkylation sites (N-methyl/N-ethyl adjacent to an activating group) is 2. The molecule has 0 spiro atoms. The van der Waals surface area contributed by atoms with Crippen molar-refractivity contribution in [3.8, 4) is 0 Å². The number of nitrogens with two attached hydrogens (primary N) is 1. The van der Waals surface area contributed by atoms with Gasteiger partial charge in [0.05, 0.1) is 11.6 Å². The van der Waals surface area contributed by atoms with Crippen molar-refractivity contribution < 1.29 is 13.2 Å². The lowest BCUT2D eigenvalue weighted by Gasteiger charge is -2.23. The van der Waals surface area contributed by atoms with Crippen LogP contribution in [-0.2, 0) is 14.8 Å². The van der Waals surface area contributed by atoms with Gasteiger partial charge in [-0.15, -0.1) is 0 Å². The largest absolute Gasteiger partial charge is 0.399 e. The molecule has 1 rings (SSSR count). The van der Waals surface area contributed by atoms with Crippen molar-refractivity contribution in [3.63, 3.8) is 0 Å². The van der Waals surface area contributed by atoms with Gasteiger partial charge in [0.2, 0.25) is 15.9 Å². The second-order valence-corrected chi connectivity index (χ2v) is 6.94. The van der Waals surface area contributed by atoms with Crippen LogP contribution in [0.4, 0.5) is 5.69 Å². The third-order valence-corrected chi connectivity index (χ3v) is 5.40. The van der Waals surface area contributed by atoms with Crippen LogP contribution >= 0.6 is 11.6 Å². The number of nitrogen functional groups attached to an aromatic ring is 1. The Bertz CT molecular complexity index is 615. The Hall–Kier alpha value is -1.31. The molecule has 0 fully saturated rings. The molecule has 0 saturated carbocycles. The summed E-state index contributed by atoms with van der Waals surface area (Å²) in [4.78, 5) is 13.5. The molecular formula is C13H20ClN3O3S. The third-order valence-electron chi connectivity index (χ3n) is 3.12. The molecule has 0 bridgehead atoms. The van der Waals surface area contributed by atoms with E-state index >= 15 is 0 Å². The van der Waals surface area contributed by atoms with Crippen molar-refractivity contribution in [1.82, 2.24) is 9.21 Å². The van der Waals surface area contributed by atoms with Crippen LogP contribution in [0.5, 0.6) is 0 Å². The fourth-order valence-corrected chi connectivity index (χ4v) is 3.46. The minimum atomic E-state index is -3.86. The predicted molar refractivity (Wildman–Crippen MR) is 83.6 cm³/mol. The average Bonchev–Trinajstić information content (AvgIpc) is 2.42. The molecule has 6 nitrogen and oxygen atoms in total. The molecule has 1 amide bonds. The van der Waals surface area contributed by atoms with Crippen molar-refractivity contribution >= 4 is 33.2 Å². The normalized spacial score (nSPS) is 11.7. The summed E-state index contributed by atoms with van der Waals surface area (Å²) in [6.45, 7) is 4.50. The molecule has 21 heavy (non-hydrogen) atoms. The maximum absolute atomic E-state index is 12.5. The van der Waals surface area contributed by atoms with Crippen molar-refractivity contribution in [1.29, 1.82) is 0 Å². The zero-order valence-corrected chi connectivity index (χ0v) is 13.9. The number of nitrogens with zero attached hydrogens (tertiary/aromatic N) is 2. The second kappa shape index (κ2) is 7.11. The fourth-order valence-electron chi connectivity index (χ4n) is 1.84. The lowest BCUT2D eigenvalue weighted by Crippen LogP contribution is -2.41. The van der Waals surface area contributed by atoms with Crippen molar-refractivity contribution in [2.45, 2.75) is 18.7 Å². The van der Waals surface area contributed by atoms with Gasteiger partial charge in [-0.3, -0.25) is 4.79 Å². The monoisotopic (exact) mass is 333 g/mol. The Morgan fingerprint density at radius 2 is 1.86 bits per heavy atom. The first-order valence-corrected chi connectivity index (χ1v) is 8.35. The zero-order valence-electron chi connectivity index (χ0n) is 12.3. The van der Waals surface area contributed by atoms with E-state index in [9.17, 15) is 13.2 Å². The van der Waals surface area contributed by atoms with E-state index in [0.717, 1.165) is 4.31 Å². The Morgan fingerprint density at radius 1 is 1.29 bits per heavy atom. The molecule has 118 valence electrons. The Morgan fingerprint density at radius 3 is 2.38 bits per heavy atom. The Kier molecular flexibility index (Phi) is 6.00. The number of halogens is 1. The first-order chi connectivity index (χ1) is 9.73. The maximum atomic E-state index is 12.5. The van der Waals surface area contributed by atoms with Crippen LogP contribution < -0.4 is 5.73 Å². The van der Waals surface area contributed by atoms with Crippen LogP contribution in [-0.4, -0.2) is 50.2 Å². The molecule has 0 unspecified atom stereocenters. The first-order valence-electron chi connectivity index (χ1n) is 6.53. The number of amides is 1. The summed E-state index contributed by atoms with van der Waals surface area (Å²) in [5, 5.41) is 0.0753. The summed E-state index contributed by atoms with van der Waals surface area (Å²) < 4.78 is 25.9. The van der Waals surface area contributed by atoms with Crippen molar-refractivity contribution in [3.05, 3.63) is 23.2 Å². The van der Waals surface area contributed by atoms with E-state index in [1.54, 1.807) is 4.90 Å². The molecule has 0 aliphatic heterocycles. The van der Waals surface area contributed by atoms with Gasteiger partial charge < -0.3 is 10.6 Å². The van der Waals surface area contributed by atoms with Gasteiger partial charge >= 0.3 is 0 Å². The minimum absolute atomic E-state index is 0.0753. The highest BCUT2D eigenvalue weighted by atomic mass is 35.5.